The molecule has 1 amide bonds. The van der Waals surface area contributed by atoms with Crippen molar-refractivity contribution in [1.82, 2.24) is 19.4 Å². The quantitative estimate of drug-likeness (QED) is 0.593. The molecule has 5 nitrogen and oxygen atoms in total. The molecule has 0 radical (unpaired) electrons. The average Bonchev–Trinajstić information content (AvgIpc) is 3.52. The summed E-state index contributed by atoms with van der Waals surface area (Å²) in [6, 6.07) is 17.0. The molecule has 3 heterocycles. The van der Waals surface area contributed by atoms with Crippen LogP contribution in [0.25, 0.3) is 11.0 Å². The van der Waals surface area contributed by atoms with Crippen molar-refractivity contribution in [3.63, 3.8) is 0 Å². The third kappa shape index (κ3) is 4.35. The van der Waals surface area contributed by atoms with Gasteiger partial charge in [-0.2, -0.15) is 0 Å². The van der Waals surface area contributed by atoms with Gasteiger partial charge in [0.25, 0.3) is 5.91 Å². The molecule has 2 fully saturated rings. The van der Waals surface area contributed by atoms with Crippen molar-refractivity contribution >= 4 is 29.3 Å². The molecule has 1 atom stereocenters. The van der Waals surface area contributed by atoms with E-state index in [1.54, 1.807) is 0 Å². The van der Waals surface area contributed by atoms with Crippen LogP contribution in [0.4, 0.5) is 0 Å². The Morgan fingerprint density at radius 1 is 1.03 bits per heavy atom. The Kier molecular flexibility index (Phi) is 6.63. The second-order valence-electron chi connectivity index (χ2n) is 8.57. The normalized spacial score (nSPS) is 19.1. The number of halogens is 1. The van der Waals surface area contributed by atoms with Gasteiger partial charge in [-0.25, -0.2) is 4.98 Å². The molecule has 31 heavy (non-hydrogen) atoms. The molecule has 1 unspecified atom stereocenters. The standard InChI is InChI=1S/C25H30N4O.ClH/c1-2-29-23-8-4-3-7-22(23)26-24(29)17-19-9-11-20(12-10-19)25(30)28-16-13-21(18-28)27-14-5-6-15-27;/h3-4,7-12,21H,2,5-6,13-18H2,1H3;1H. The SMILES string of the molecule is CCn1c(Cc2ccc(C(=O)N3CCC(N4CCCC4)C3)cc2)nc2ccccc21.Cl. The van der Waals surface area contributed by atoms with Gasteiger partial charge in [-0.3, -0.25) is 9.69 Å². The molecule has 164 valence electrons. The summed E-state index contributed by atoms with van der Waals surface area (Å²) in [6.45, 7) is 7.21. The van der Waals surface area contributed by atoms with E-state index in [9.17, 15) is 4.79 Å². The Morgan fingerprint density at radius 3 is 2.52 bits per heavy atom. The van der Waals surface area contributed by atoms with Crippen LogP contribution >= 0.6 is 12.4 Å². The number of amides is 1. The first-order valence-corrected chi connectivity index (χ1v) is 11.3. The Balaban J connectivity index is 0.00000231. The number of fused-ring (bicyclic) bond motifs is 1. The van der Waals surface area contributed by atoms with Gasteiger partial charge in [-0.1, -0.05) is 24.3 Å². The van der Waals surface area contributed by atoms with E-state index in [4.69, 9.17) is 4.98 Å². The fourth-order valence-corrected chi connectivity index (χ4v) is 5.07. The lowest BCUT2D eigenvalue weighted by Gasteiger charge is -2.23. The third-order valence-corrected chi connectivity index (χ3v) is 6.72. The first-order valence-electron chi connectivity index (χ1n) is 11.3. The number of rotatable bonds is 5. The second kappa shape index (κ2) is 9.41. The van der Waals surface area contributed by atoms with E-state index in [1.165, 1.54) is 37.0 Å². The maximum atomic E-state index is 13.0. The van der Waals surface area contributed by atoms with Gasteiger partial charge in [0.05, 0.1) is 11.0 Å². The third-order valence-electron chi connectivity index (χ3n) is 6.72. The molecule has 0 bridgehead atoms. The summed E-state index contributed by atoms with van der Waals surface area (Å²) in [5.74, 6) is 1.25. The summed E-state index contributed by atoms with van der Waals surface area (Å²) in [5, 5.41) is 0. The van der Waals surface area contributed by atoms with Crippen molar-refractivity contribution in [2.75, 3.05) is 26.2 Å². The maximum Gasteiger partial charge on any atom is 0.253 e. The number of benzene rings is 2. The minimum absolute atomic E-state index is 0. The highest BCUT2D eigenvalue weighted by Crippen LogP contribution is 2.23. The summed E-state index contributed by atoms with van der Waals surface area (Å²) in [6.07, 6.45) is 4.49. The fraction of sp³-hybridized carbons (Fsp3) is 0.440. The summed E-state index contributed by atoms with van der Waals surface area (Å²) in [7, 11) is 0. The maximum absolute atomic E-state index is 13.0. The largest absolute Gasteiger partial charge is 0.337 e. The minimum atomic E-state index is 0. The zero-order valence-corrected chi connectivity index (χ0v) is 19.0. The molecule has 3 aromatic rings. The van der Waals surface area contributed by atoms with Crippen LogP contribution in [0.2, 0.25) is 0 Å². The Morgan fingerprint density at radius 2 is 1.77 bits per heavy atom. The first kappa shape index (κ1) is 21.8. The number of hydrogen-bond donors (Lipinski definition) is 0. The smallest absolute Gasteiger partial charge is 0.253 e. The molecular formula is C25H31ClN4O. The van der Waals surface area contributed by atoms with Crippen LogP contribution in [0, 0.1) is 0 Å². The van der Waals surface area contributed by atoms with Crippen LogP contribution in [0.15, 0.2) is 48.5 Å². The van der Waals surface area contributed by atoms with Crippen molar-refractivity contribution in [2.24, 2.45) is 0 Å². The summed E-state index contributed by atoms with van der Waals surface area (Å²) in [5.41, 5.74) is 4.21. The van der Waals surface area contributed by atoms with Crippen molar-refractivity contribution in [3.05, 3.63) is 65.5 Å². The average molecular weight is 439 g/mol. The molecule has 0 N–H and O–H groups in total. The van der Waals surface area contributed by atoms with E-state index < -0.39 is 0 Å². The van der Waals surface area contributed by atoms with Crippen molar-refractivity contribution < 1.29 is 4.79 Å². The van der Waals surface area contributed by atoms with E-state index in [0.717, 1.165) is 49.4 Å². The monoisotopic (exact) mass is 438 g/mol. The van der Waals surface area contributed by atoms with Gasteiger partial charge in [-0.05, 0) is 69.1 Å². The lowest BCUT2D eigenvalue weighted by molar-refractivity contribution is 0.0780. The van der Waals surface area contributed by atoms with Gasteiger partial charge < -0.3 is 9.47 Å². The van der Waals surface area contributed by atoms with E-state index in [0.29, 0.717) is 6.04 Å². The first-order chi connectivity index (χ1) is 14.7. The zero-order chi connectivity index (χ0) is 20.5. The van der Waals surface area contributed by atoms with E-state index >= 15 is 0 Å². The van der Waals surface area contributed by atoms with Gasteiger partial charge >= 0.3 is 0 Å². The highest BCUT2D eigenvalue weighted by atomic mass is 35.5. The fourth-order valence-electron chi connectivity index (χ4n) is 5.07. The molecule has 2 saturated heterocycles. The number of aryl methyl sites for hydroxylation is 1. The van der Waals surface area contributed by atoms with E-state index in [2.05, 4.69) is 46.7 Å². The molecule has 0 saturated carbocycles. The van der Waals surface area contributed by atoms with Crippen LogP contribution in [0.5, 0.6) is 0 Å². The van der Waals surface area contributed by atoms with Crippen LogP contribution in [0.3, 0.4) is 0 Å². The predicted molar refractivity (Wildman–Crippen MR) is 127 cm³/mol. The van der Waals surface area contributed by atoms with Gasteiger partial charge in [0.15, 0.2) is 0 Å². The highest BCUT2D eigenvalue weighted by Gasteiger charge is 2.31. The number of nitrogens with zero attached hydrogens (tertiary/aromatic N) is 4. The van der Waals surface area contributed by atoms with Crippen LogP contribution < -0.4 is 0 Å². The molecule has 5 rings (SSSR count). The topological polar surface area (TPSA) is 41.4 Å². The van der Waals surface area contributed by atoms with Gasteiger partial charge in [0.2, 0.25) is 0 Å². The molecule has 0 aliphatic carbocycles. The number of likely N-dealkylation sites (tertiary alicyclic amines) is 2. The summed E-state index contributed by atoms with van der Waals surface area (Å²) in [4.78, 5) is 22.4. The van der Waals surface area contributed by atoms with E-state index in [-0.39, 0.29) is 18.3 Å². The molecule has 2 aromatic carbocycles. The molecule has 6 heteroatoms. The molecule has 2 aliphatic rings. The number of hydrogen-bond acceptors (Lipinski definition) is 3. The number of para-hydroxylation sites is 2. The van der Waals surface area contributed by atoms with Gasteiger partial charge in [-0.15, -0.1) is 12.4 Å². The molecular weight excluding hydrogens is 408 g/mol. The number of carbonyl (C=O) groups is 1. The van der Waals surface area contributed by atoms with Crippen molar-refractivity contribution in [2.45, 2.75) is 45.2 Å². The summed E-state index contributed by atoms with van der Waals surface area (Å²) >= 11 is 0. The molecule has 2 aliphatic heterocycles. The Hall–Kier alpha value is -2.37. The van der Waals surface area contributed by atoms with Gasteiger partial charge in [0, 0.05) is 37.7 Å². The van der Waals surface area contributed by atoms with Crippen LogP contribution in [-0.2, 0) is 13.0 Å². The lowest BCUT2D eigenvalue weighted by atomic mass is 10.1. The number of aromatic nitrogens is 2. The molecule has 0 spiro atoms. The zero-order valence-electron chi connectivity index (χ0n) is 18.2. The van der Waals surface area contributed by atoms with Crippen molar-refractivity contribution in [3.8, 4) is 0 Å². The second-order valence-corrected chi connectivity index (χ2v) is 8.57. The Labute approximate surface area is 190 Å². The van der Waals surface area contributed by atoms with Crippen LogP contribution in [0.1, 0.15) is 47.9 Å². The number of imidazole rings is 1. The van der Waals surface area contributed by atoms with Crippen LogP contribution in [-0.4, -0.2) is 57.5 Å². The highest BCUT2D eigenvalue weighted by molar-refractivity contribution is 5.94. The lowest BCUT2D eigenvalue weighted by Crippen LogP contribution is -2.37. The van der Waals surface area contributed by atoms with E-state index in [1.807, 2.05) is 23.1 Å². The Bertz CT molecular complexity index is 1040. The summed E-state index contributed by atoms with van der Waals surface area (Å²) < 4.78 is 2.27. The minimum Gasteiger partial charge on any atom is -0.337 e. The predicted octanol–water partition coefficient (Wildman–Crippen LogP) is 4.38. The molecule has 1 aromatic heterocycles. The van der Waals surface area contributed by atoms with Crippen molar-refractivity contribution in [1.29, 1.82) is 0 Å². The van der Waals surface area contributed by atoms with Gasteiger partial charge in [0.1, 0.15) is 5.82 Å². The number of carbonyl (C=O) groups excluding carboxylic acids is 1.